The van der Waals surface area contributed by atoms with Gasteiger partial charge in [-0.25, -0.2) is 9.78 Å². The maximum absolute atomic E-state index is 12.8. The van der Waals surface area contributed by atoms with Gasteiger partial charge in [-0.3, -0.25) is 14.6 Å². The second-order valence-electron chi connectivity index (χ2n) is 8.84. The molecule has 0 radical (unpaired) electrons. The van der Waals surface area contributed by atoms with Crippen molar-refractivity contribution in [2.45, 2.75) is 30.5 Å². The maximum Gasteiger partial charge on any atom is 0.326 e. The van der Waals surface area contributed by atoms with E-state index in [1.165, 1.54) is 5.56 Å². The molecule has 2 aliphatic rings. The number of likely N-dealkylation sites (tertiary alicyclic amines) is 1. The molecule has 1 aromatic heterocycles. The van der Waals surface area contributed by atoms with E-state index in [0.29, 0.717) is 17.8 Å². The minimum Gasteiger partial charge on any atom is -0.349 e. The third-order valence-corrected chi connectivity index (χ3v) is 7.39. The number of urea groups is 1. The zero-order valence-corrected chi connectivity index (χ0v) is 20.3. The lowest BCUT2D eigenvalue weighted by molar-refractivity contribution is 0.0909. The normalized spacial score (nSPS) is 16.4. The van der Waals surface area contributed by atoms with Gasteiger partial charge in [0.05, 0.1) is 5.69 Å². The molecule has 2 aliphatic heterocycles. The number of nitrogens with one attached hydrogen (secondary N) is 2. The highest BCUT2D eigenvalue weighted by Crippen LogP contribution is 2.32. The number of carbonyl (C=O) groups is 2. The second kappa shape index (κ2) is 10.9. The predicted molar refractivity (Wildman–Crippen MR) is 140 cm³/mol. The van der Waals surface area contributed by atoms with E-state index in [9.17, 15) is 9.59 Å². The van der Waals surface area contributed by atoms with E-state index in [1.807, 2.05) is 18.2 Å². The lowest BCUT2D eigenvalue weighted by atomic mass is 10.0. The quantitative estimate of drug-likeness (QED) is 0.549. The number of carbonyl (C=O) groups excluding carboxylic acids is 2. The first-order valence-corrected chi connectivity index (χ1v) is 13.0. The molecule has 3 amide bonds. The van der Waals surface area contributed by atoms with Crippen molar-refractivity contribution in [2.24, 2.45) is 0 Å². The zero-order chi connectivity index (χ0) is 24.0. The van der Waals surface area contributed by atoms with Crippen molar-refractivity contribution in [3.05, 3.63) is 84.1 Å². The fourth-order valence-corrected chi connectivity index (χ4v) is 5.43. The van der Waals surface area contributed by atoms with Gasteiger partial charge in [-0.2, -0.15) is 0 Å². The van der Waals surface area contributed by atoms with E-state index < -0.39 is 0 Å². The highest BCUT2D eigenvalue weighted by Gasteiger charge is 2.24. The summed E-state index contributed by atoms with van der Waals surface area (Å²) in [6.45, 7) is 3.52. The van der Waals surface area contributed by atoms with Gasteiger partial charge < -0.3 is 10.6 Å². The number of pyridine rings is 1. The molecule has 3 heterocycles. The molecule has 0 spiro atoms. The van der Waals surface area contributed by atoms with Crippen molar-refractivity contribution in [2.75, 3.05) is 35.6 Å². The molecule has 0 aliphatic carbocycles. The van der Waals surface area contributed by atoms with Crippen LogP contribution in [0.4, 0.5) is 16.2 Å². The molecule has 2 N–H and O–H groups in total. The predicted octanol–water partition coefficient (Wildman–Crippen LogP) is 4.62. The van der Waals surface area contributed by atoms with Crippen LogP contribution in [0.5, 0.6) is 0 Å². The summed E-state index contributed by atoms with van der Waals surface area (Å²) in [7, 11) is 0. The van der Waals surface area contributed by atoms with E-state index in [-0.39, 0.29) is 18.0 Å². The van der Waals surface area contributed by atoms with E-state index >= 15 is 0 Å². The Kier molecular flexibility index (Phi) is 7.30. The Morgan fingerprint density at radius 1 is 0.943 bits per heavy atom. The van der Waals surface area contributed by atoms with Gasteiger partial charge in [-0.15, -0.1) is 11.8 Å². The standard InChI is InChI=1S/C27H29N5O2S/c33-25(29-23-12-15-31(16-13-23)19-20-5-2-1-3-6-20)21-8-10-22(11-9-21)30-27(34)32-17-18-35-26-24(32)7-4-14-28-26/h1-11,14,23H,12-13,15-19H2,(H,29,33)(H,30,34). The lowest BCUT2D eigenvalue weighted by Gasteiger charge is -2.32. The van der Waals surface area contributed by atoms with E-state index in [1.54, 1.807) is 47.1 Å². The minimum absolute atomic E-state index is 0.0718. The monoisotopic (exact) mass is 487 g/mol. The zero-order valence-electron chi connectivity index (χ0n) is 19.5. The number of hydrogen-bond acceptors (Lipinski definition) is 5. The van der Waals surface area contributed by atoms with Crippen LogP contribution in [0.2, 0.25) is 0 Å². The summed E-state index contributed by atoms with van der Waals surface area (Å²) in [5.41, 5.74) is 3.40. The summed E-state index contributed by atoms with van der Waals surface area (Å²) >= 11 is 1.66. The van der Waals surface area contributed by atoms with Gasteiger partial charge in [0.1, 0.15) is 5.03 Å². The summed E-state index contributed by atoms with van der Waals surface area (Å²) in [4.78, 5) is 34.1. The Hall–Kier alpha value is -3.36. The smallest absolute Gasteiger partial charge is 0.326 e. The third kappa shape index (κ3) is 5.83. The van der Waals surface area contributed by atoms with Gasteiger partial charge in [-0.1, -0.05) is 30.3 Å². The van der Waals surface area contributed by atoms with Crippen LogP contribution >= 0.6 is 11.8 Å². The lowest BCUT2D eigenvalue weighted by Crippen LogP contribution is -2.44. The highest BCUT2D eigenvalue weighted by atomic mass is 32.2. The van der Waals surface area contributed by atoms with Crippen LogP contribution in [0.25, 0.3) is 0 Å². The SMILES string of the molecule is O=C(NC1CCN(Cc2ccccc2)CC1)c1ccc(NC(=O)N2CCSc3ncccc32)cc1. The number of thioether (sulfide) groups is 1. The average Bonchev–Trinajstić information content (AvgIpc) is 2.90. The van der Waals surface area contributed by atoms with Crippen LogP contribution in [-0.4, -0.2) is 53.3 Å². The molecular formula is C27H29N5O2S. The molecule has 35 heavy (non-hydrogen) atoms. The summed E-state index contributed by atoms with van der Waals surface area (Å²) < 4.78 is 0. The molecule has 8 heteroatoms. The van der Waals surface area contributed by atoms with Crippen molar-refractivity contribution in [3.8, 4) is 0 Å². The summed E-state index contributed by atoms with van der Waals surface area (Å²) in [5.74, 6) is 0.735. The Bertz CT molecular complexity index is 1160. The van der Waals surface area contributed by atoms with E-state index in [0.717, 1.165) is 48.9 Å². The van der Waals surface area contributed by atoms with Crippen molar-refractivity contribution >= 4 is 35.1 Å². The summed E-state index contributed by atoms with van der Waals surface area (Å²) in [6.07, 6.45) is 3.62. The number of rotatable bonds is 5. The molecule has 7 nitrogen and oxygen atoms in total. The Morgan fingerprint density at radius 2 is 1.71 bits per heavy atom. The first-order valence-electron chi connectivity index (χ1n) is 12.0. The fourth-order valence-electron chi connectivity index (χ4n) is 4.51. The number of hydrogen-bond donors (Lipinski definition) is 2. The van der Waals surface area contributed by atoms with Crippen molar-refractivity contribution in [3.63, 3.8) is 0 Å². The number of fused-ring (bicyclic) bond motifs is 1. The van der Waals surface area contributed by atoms with Crippen LogP contribution in [0.1, 0.15) is 28.8 Å². The van der Waals surface area contributed by atoms with Gasteiger partial charge in [0.15, 0.2) is 0 Å². The van der Waals surface area contributed by atoms with Crippen LogP contribution in [0.15, 0.2) is 78.0 Å². The molecule has 1 saturated heterocycles. The number of anilines is 2. The fraction of sp³-hybridized carbons (Fsp3) is 0.296. The summed E-state index contributed by atoms with van der Waals surface area (Å²) in [6, 6.07) is 21.3. The molecule has 0 atom stereocenters. The maximum atomic E-state index is 12.8. The van der Waals surface area contributed by atoms with Gasteiger partial charge in [0, 0.05) is 55.4 Å². The molecular weight excluding hydrogens is 458 g/mol. The first-order chi connectivity index (χ1) is 17.2. The largest absolute Gasteiger partial charge is 0.349 e. The molecule has 2 aromatic carbocycles. The number of nitrogens with zero attached hydrogens (tertiary/aromatic N) is 3. The van der Waals surface area contributed by atoms with Crippen molar-refractivity contribution < 1.29 is 9.59 Å². The van der Waals surface area contributed by atoms with Gasteiger partial charge in [-0.05, 0) is 54.8 Å². The van der Waals surface area contributed by atoms with Crippen LogP contribution in [-0.2, 0) is 6.54 Å². The van der Waals surface area contributed by atoms with Crippen LogP contribution < -0.4 is 15.5 Å². The first kappa shape index (κ1) is 23.4. The topological polar surface area (TPSA) is 77.6 Å². The molecule has 3 aromatic rings. The number of benzene rings is 2. The Balaban J connectivity index is 1.11. The van der Waals surface area contributed by atoms with Crippen molar-refractivity contribution in [1.29, 1.82) is 0 Å². The van der Waals surface area contributed by atoms with Gasteiger partial charge in [0.25, 0.3) is 5.91 Å². The minimum atomic E-state index is -0.195. The summed E-state index contributed by atoms with van der Waals surface area (Å²) in [5, 5.41) is 6.98. The third-order valence-electron chi connectivity index (χ3n) is 6.41. The average molecular weight is 488 g/mol. The molecule has 180 valence electrons. The second-order valence-corrected chi connectivity index (χ2v) is 9.93. The number of piperidine rings is 1. The Labute approximate surface area is 209 Å². The molecule has 0 unspecified atom stereocenters. The molecule has 1 fully saturated rings. The highest BCUT2D eigenvalue weighted by molar-refractivity contribution is 7.99. The molecule has 5 rings (SSSR count). The van der Waals surface area contributed by atoms with E-state index in [2.05, 4.69) is 44.8 Å². The Morgan fingerprint density at radius 3 is 2.49 bits per heavy atom. The molecule has 0 saturated carbocycles. The number of aromatic nitrogens is 1. The van der Waals surface area contributed by atoms with E-state index in [4.69, 9.17) is 0 Å². The van der Waals surface area contributed by atoms with Gasteiger partial charge in [0.2, 0.25) is 0 Å². The van der Waals surface area contributed by atoms with Crippen LogP contribution in [0, 0.1) is 0 Å². The van der Waals surface area contributed by atoms with Gasteiger partial charge >= 0.3 is 6.03 Å². The number of amides is 3. The van der Waals surface area contributed by atoms with Crippen molar-refractivity contribution in [1.82, 2.24) is 15.2 Å². The van der Waals surface area contributed by atoms with Crippen LogP contribution in [0.3, 0.4) is 0 Å². The molecule has 0 bridgehead atoms.